The molecule has 0 aliphatic rings. The molecule has 4 rings (SSSR count). The first-order valence-corrected chi connectivity index (χ1v) is 10.9. The summed E-state index contributed by atoms with van der Waals surface area (Å²) in [6, 6.07) is 21.6. The van der Waals surface area contributed by atoms with Gasteiger partial charge in [0.15, 0.2) is 5.13 Å². The van der Waals surface area contributed by atoms with Crippen LogP contribution in [-0.2, 0) is 11.3 Å². The van der Waals surface area contributed by atoms with E-state index in [-0.39, 0.29) is 11.6 Å². The molecule has 6 nitrogen and oxygen atoms in total. The Balaban J connectivity index is 1.66. The van der Waals surface area contributed by atoms with Gasteiger partial charge in [0.2, 0.25) is 0 Å². The predicted molar refractivity (Wildman–Crippen MR) is 127 cm³/mol. The van der Waals surface area contributed by atoms with E-state index in [1.807, 2.05) is 48.5 Å². The van der Waals surface area contributed by atoms with Crippen LogP contribution < -0.4 is 4.90 Å². The number of benzene rings is 3. The number of amides is 1. The summed E-state index contributed by atoms with van der Waals surface area (Å²) in [4.78, 5) is 29.9. The summed E-state index contributed by atoms with van der Waals surface area (Å²) in [6.45, 7) is 0.361. The first-order chi connectivity index (χ1) is 15.0. The average molecular weight is 494 g/mol. The summed E-state index contributed by atoms with van der Waals surface area (Å²) in [5.74, 6) is -0.256. The molecule has 1 amide bonds. The molecule has 4 aromatic rings. The average Bonchev–Trinajstić information content (AvgIpc) is 3.19. The van der Waals surface area contributed by atoms with Crippen LogP contribution in [0.5, 0.6) is 0 Å². The second-order valence-electron chi connectivity index (χ2n) is 6.70. The number of aromatic nitrogens is 1. The molecule has 0 unspecified atom stereocenters. The number of nitrogens with zero attached hydrogens (tertiary/aromatic N) is 3. The standard InChI is InChI=1S/C23H16BrN3O3S/c24-18-10-11-20-21(14-18)31-23(25-20)26(15-17-5-2-1-3-6-17)22(28)12-9-16-7-4-8-19(13-16)27(29)30/h1-14H,15H2/b12-9+. The van der Waals surface area contributed by atoms with Gasteiger partial charge < -0.3 is 0 Å². The summed E-state index contributed by atoms with van der Waals surface area (Å²) in [6.07, 6.45) is 3.00. The number of rotatable bonds is 6. The predicted octanol–water partition coefficient (Wildman–Crippen LogP) is 6.21. The topological polar surface area (TPSA) is 76.3 Å². The van der Waals surface area contributed by atoms with Crippen LogP contribution in [0.3, 0.4) is 0 Å². The third-order valence-electron chi connectivity index (χ3n) is 4.52. The largest absolute Gasteiger partial charge is 0.280 e. The van der Waals surface area contributed by atoms with E-state index < -0.39 is 4.92 Å². The number of halogens is 1. The summed E-state index contributed by atoms with van der Waals surface area (Å²) < 4.78 is 1.92. The van der Waals surface area contributed by atoms with Crippen molar-refractivity contribution in [2.75, 3.05) is 4.90 Å². The zero-order valence-corrected chi connectivity index (χ0v) is 18.5. The van der Waals surface area contributed by atoms with Crippen molar-refractivity contribution in [2.24, 2.45) is 0 Å². The molecule has 154 valence electrons. The van der Waals surface area contributed by atoms with Gasteiger partial charge in [0.1, 0.15) is 0 Å². The number of fused-ring (bicyclic) bond motifs is 1. The van der Waals surface area contributed by atoms with Crippen LogP contribution in [0.1, 0.15) is 11.1 Å². The molecule has 0 bridgehead atoms. The highest BCUT2D eigenvalue weighted by Crippen LogP contribution is 2.32. The van der Waals surface area contributed by atoms with E-state index in [1.165, 1.54) is 29.5 Å². The maximum absolute atomic E-state index is 13.1. The number of hydrogen-bond acceptors (Lipinski definition) is 5. The number of thiazole rings is 1. The van der Waals surface area contributed by atoms with Crippen molar-refractivity contribution >= 4 is 60.3 Å². The van der Waals surface area contributed by atoms with Crippen molar-refractivity contribution < 1.29 is 9.72 Å². The lowest BCUT2D eigenvalue weighted by Gasteiger charge is -2.18. The lowest BCUT2D eigenvalue weighted by Crippen LogP contribution is -2.28. The van der Waals surface area contributed by atoms with Crippen molar-refractivity contribution in [1.82, 2.24) is 4.98 Å². The van der Waals surface area contributed by atoms with Gasteiger partial charge in [-0.25, -0.2) is 4.98 Å². The normalized spacial score (nSPS) is 11.1. The van der Waals surface area contributed by atoms with Gasteiger partial charge >= 0.3 is 0 Å². The Labute approximate surface area is 190 Å². The fourth-order valence-corrected chi connectivity index (χ4v) is 4.53. The Morgan fingerprint density at radius 1 is 1.10 bits per heavy atom. The van der Waals surface area contributed by atoms with Gasteiger partial charge in [-0.2, -0.15) is 0 Å². The first kappa shape index (κ1) is 20.9. The number of anilines is 1. The monoisotopic (exact) mass is 493 g/mol. The second-order valence-corrected chi connectivity index (χ2v) is 8.63. The minimum Gasteiger partial charge on any atom is -0.280 e. The van der Waals surface area contributed by atoms with E-state index >= 15 is 0 Å². The van der Waals surface area contributed by atoms with Crippen molar-refractivity contribution in [1.29, 1.82) is 0 Å². The SMILES string of the molecule is O=C(/C=C/c1cccc([N+](=O)[O-])c1)N(Cc1ccccc1)c1nc2ccc(Br)cc2s1. The van der Waals surface area contributed by atoms with Crippen LogP contribution in [0.4, 0.5) is 10.8 Å². The van der Waals surface area contributed by atoms with E-state index in [2.05, 4.69) is 20.9 Å². The third kappa shape index (κ3) is 5.04. The molecule has 8 heteroatoms. The van der Waals surface area contributed by atoms with Gasteiger partial charge in [0, 0.05) is 22.7 Å². The Kier molecular flexibility index (Phi) is 6.20. The summed E-state index contributed by atoms with van der Waals surface area (Å²) >= 11 is 4.90. The van der Waals surface area contributed by atoms with Crippen LogP contribution in [0.25, 0.3) is 16.3 Å². The van der Waals surface area contributed by atoms with Gasteiger partial charge in [-0.05, 0) is 35.4 Å². The molecular formula is C23H16BrN3O3S. The van der Waals surface area contributed by atoms with Crippen LogP contribution in [-0.4, -0.2) is 15.8 Å². The fourth-order valence-electron chi connectivity index (χ4n) is 3.01. The summed E-state index contributed by atoms with van der Waals surface area (Å²) in [7, 11) is 0. The maximum atomic E-state index is 13.1. The summed E-state index contributed by atoms with van der Waals surface area (Å²) in [5, 5.41) is 11.6. The second kappa shape index (κ2) is 9.20. The quantitative estimate of drug-likeness (QED) is 0.181. The molecule has 0 saturated carbocycles. The zero-order chi connectivity index (χ0) is 21.8. The molecule has 0 spiro atoms. The smallest absolute Gasteiger partial charge is 0.270 e. The Morgan fingerprint density at radius 2 is 1.90 bits per heavy atom. The van der Waals surface area contributed by atoms with Gasteiger partial charge in [0.05, 0.1) is 21.7 Å². The third-order valence-corrected chi connectivity index (χ3v) is 6.05. The van der Waals surface area contributed by atoms with Crippen molar-refractivity contribution in [3.8, 4) is 0 Å². The van der Waals surface area contributed by atoms with Crippen molar-refractivity contribution in [3.05, 3.63) is 105 Å². The van der Waals surface area contributed by atoms with E-state index in [1.54, 1.807) is 23.1 Å². The molecule has 3 aromatic carbocycles. The van der Waals surface area contributed by atoms with E-state index in [4.69, 9.17) is 0 Å². The molecule has 0 aliphatic carbocycles. The Hall–Kier alpha value is -3.36. The molecule has 31 heavy (non-hydrogen) atoms. The molecule has 0 saturated heterocycles. The number of hydrogen-bond donors (Lipinski definition) is 0. The van der Waals surface area contributed by atoms with Crippen molar-refractivity contribution in [2.45, 2.75) is 6.54 Å². The zero-order valence-electron chi connectivity index (χ0n) is 16.1. The van der Waals surface area contributed by atoms with Gasteiger partial charge in [-0.15, -0.1) is 0 Å². The molecule has 0 atom stereocenters. The highest BCUT2D eigenvalue weighted by molar-refractivity contribution is 9.10. The molecule has 0 N–H and O–H groups in total. The summed E-state index contributed by atoms with van der Waals surface area (Å²) in [5.41, 5.74) is 2.35. The fraction of sp³-hybridized carbons (Fsp3) is 0.0435. The molecular weight excluding hydrogens is 478 g/mol. The van der Waals surface area contributed by atoms with Crippen molar-refractivity contribution in [3.63, 3.8) is 0 Å². The molecule has 1 heterocycles. The lowest BCUT2D eigenvalue weighted by atomic mass is 10.2. The van der Waals surface area contributed by atoms with Crippen LogP contribution >= 0.6 is 27.3 Å². The number of non-ortho nitro benzene ring substituents is 1. The van der Waals surface area contributed by atoms with Crippen LogP contribution in [0, 0.1) is 10.1 Å². The van der Waals surface area contributed by atoms with Gasteiger partial charge in [0.25, 0.3) is 11.6 Å². The first-order valence-electron chi connectivity index (χ1n) is 9.34. The molecule has 0 fully saturated rings. The van der Waals surface area contributed by atoms with Crippen LogP contribution in [0.2, 0.25) is 0 Å². The number of carbonyl (C=O) groups excluding carboxylic acids is 1. The number of nitro groups is 1. The molecule has 1 aromatic heterocycles. The molecule has 0 aliphatic heterocycles. The van der Waals surface area contributed by atoms with E-state index in [9.17, 15) is 14.9 Å². The van der Waals surface area contributed by atoms with Gasteiger partial charge in [-0.3, -0.25) is 19.8 Å². The number of nitro benzene ring substituents is 1. The Bertz CT molecular complexity index is 1290. The lowest BCUT2D eigenvalue weighted by molar-refractivity contribution is -0.384. The minimum atomic E-state index is -0.458. The van der Waals surface area contributed by atoms with E-state index in [0.717, 1.165) is 20.3 Å². The Morgan fingerprint density at radius 3 is 2.68 bits per heavy atom. The number of carbonyl (C=O) groups is 1. The minimum absolute atomic E-state index is 0.0208. The van der Waals surface area contributed by atoms with Gasteiger partial charge in [-0.1, -0.05) is 69.7 Å². The van der Waals surface area contributed by atoms with Crippen LogP contribution in [0.15, 0.2) is 83.3 Å². The maximum Gasteiger partial charge on any atom is 0.270 e. The highest BCUT2D eigenvalue weighted by atomic mass is 79.9. The highest BCUT2D eigenvalue weighted by Gasteiger charge is 2.18. The molecule has 0 radical (unpaired) electrons. The van der Waals surface area contributed by atoms with E-state index in [0.29, 0.717) is 17.2 Å².